The van der Waals surface area contributed by atoms with E-state index in [4.69, 9.17) is 4.98 Å². The van der Waals surface area contributed by atoms with Crippen LogP contribution < -0.4 is 0 Å². The van der Waals surface area contributed by atoms with Crippen LogP contribution in [0.5, 0.6) is 0 Å². The first-order valence-electron chi connectivity index (χ1n) is 9.78. The number of aromatic nitrogens is 2. The molecule has 0 amide bonds. The van der Waals surface area contributed by atoms with Gasteiger partial charge >= 0.3 is 0 Å². The second-order valence-corrected chi connectivity index (χ2v) is 8.67. The molecule has 1 atom stereocenters. The van der Waals surface area contributed by atoms with E-state index in [0.29, 0.717) is 5.41 Å². The molecule has 0 N–H and O–H groups in total. The Bertz CT molecular complexity index is 610. The van der Waals surface area contributed by atoms with Crippen LogP contribution in [-0.2, 0) is 6.54 Å². The average Bonchev–Trinajstić information content (AvgIpc) is 3.27. The van der Waals surface area contributed by atoms with Crippen molar-refractivity contribution in [2.45, 2.75) is 59.4 Å². The fourth-order valence-corrected chi connectivity index (χ4v) is 4.75. The molecular weight excluding hydrogens is 296 g/mol. The summed E-state index contributed by atoms with van der Waals surface area (Å²) in [5.41, 5.74) is 4.99. The number of piperidine rings is 1. The van der Waals surface area contributed by atoms with Crippen LogP contribution in [0.3, 0.4) is 0 Å². The maximum atomic E-state index is 4.82. The van der Waals surface area contributed by atoms with E-state index in [2.05, 4.69) is 35.6 Å². The highest BCUT2D eigenvalue weighted by Crippen LogP contribution is 2.41. The normalized spacial score (nSPS) is 28.8. The zero-order chi connectivity index (χ0) is 16.7. The summed E-state index contributed by atoms with van der Waals surface area (Å²) >= 11 is 0. The van der Waals surface area contributed by atoms with Gasteiger partial charge in [-0.05, 0) is 77.3 Å². The zero-order valence-electron chi connectivity index (χ0n) is 15.6. The van der Waals surface area contributed by atoms with E-state index in [-0.39, 0.29) is 0 Å². The summed E-state index contributed by atoms with van der Waals surface area (Å²) < 4.78 is 0. The molecule has 1 spiro atoms. The summed E-state index contributed by atoms with van der Waals surface area (Å²) in [6, 6.07) is 0. The van der Waals surface area contributed by atoms with Gasteiger partial charge in [0.05, 0.1) is 22.8 Å². The van der Waals surface area contributed by atoms with E-state index >= 15 is 0 Å². The van der Waals surface area contributed by atoms with Crippen LogP contribution in [0.4, 0.5) is 0 Å². The second kappa shape index (κ2) is 6.38. The van der Waals surface area contributed by atoms with E-state index < -0.39 is 0 Å². The predicted octanol–water partition coefficient (Wildman–Crippen LogP) is 3.10. The fourth-order valence-electron chi connectivity index (χ4n) is 4.75. The topological polar surface area (TPSA) is 32.3 Å². The molecule has 1 aromatic rings. The Morgan fingerprint density at radius 1 is 0.917 bits per heavy atom. The largest absolute Gasteiger partial charge is 0.302 e. The summed E-state index contributed by atoms with van der Waals surface area (Å²) in [5.74, 6) is 1.02. The highest BCUT2D eigenvalue weighted by molar-refractivity contribution is 5.18. The average molecular weight is 329 g/mol. The molecule has 3 heterocycles. The third-order valence-electron chi connectivity index (χ3n) is 6.42. The quantitative estimate of drug-likeness (QED) is 0.850. The lowest BCUT2D eigenvalue weighted by molar-refractivity contribution is 0.0882. The van der Waals surface area contributed by atoms with Gasteiger partial charge in [0.25, 0.3) is 0 Å². The van der Waals surface area contributed by atoms with Crippen molar-refractivity contribution in [2.75, 3.05) is 32.7 Å². The number of likely N-dealkylation sites (tertiary alicyclic amines) is 2. The maximum Gasteiger partial charge on any atom is 0.0759 e. The molecule has 1 aromatic heterocycles. The monoisotopic (exact) mass is 328 g/mol. The Labute approximate surface area is 146 Å². The number of nitrogens with zero attached hydrogens (tertiary/aromatic N) is 4. The van der Waals surface area contributed by atoms with Crippen LogP contribution >= 0.6 is 0 Å². The van der Waals surface area contributed by atoms with Crippen molar-refractivity contribution in [3.8, 4) is 0 Å². The molecule has 1 aliphatic carbocycles. The lowest BCUT2D eigenvalue weighted by Crippen LogP contribution is -2.45. The van der Waals surface area contributed by atoms with Gasteiger partial charge in [0.2, 0.25) is 0 Å². The second-order valence-electron chi connectivity index (χ2n) is 8.67. The lowest BCUT2D eigenvalue weighted by Gasteiger charge is -2.40. The zero-order valence-corrected chi connectivity index (χ0v) is 15.6. The molecule has 2 saturated heterocycles. The van der Waals surface area contributed by atoms with Crippen molar-refractivity contribution in [3.63, 3.8) is 0 Å². The fraction of sp³-hybridized carbons (Fsp3) is 0.800. The molecule has 4 heteroatoms. The summed E-state index contributed by atoms with van der Waals surface area (Å²) in [5, 5.41) is 0. The van der Waals surface area contributed by atoms with Crippen LogP contribution in [0.1, 0.15) is 54.9 Å². The molecule has 24 heavy (non-hydrogen) atoms. The first kappa shape index (κ1) is 16.5. The van der Waals surface area contributed by atoms with Gasteiger partial charge in [0.15, 0.2) is 0 Å². The van der Waals surface area contributed by atoms with Gasteiger partial charge in [-0.15, -0.1) is 0 Å². The summed E-state index contributed by atoms with van der Waals surface area (Å²) in [6.45, 7) is 13.7. The van der Waals surface area contributed by atoms with E-state index in [0.717, 1.165) is 29.5 Å². The third kappa shape index (κ3) is 3.50. The van der Waals surface area contributed by atoms with E-state index in [1.807, 2.05) is 0 Å². The minimum atomic E-state index is 0.550. The van der Waals surface area contributed by atoms with Crippen molar-refractivity contribution >= 4 is 0 Å². The third-order valence-corrected chi connectivity index (χ3v) is 6.42. The van der Waals surface area contributed by atoms with E-state index in [9.17, 15) is 0 Å². The predicted molar refractivity (Wildman–Crippen MR) is 97.0 cm³/mol. The Kier molecular flexibility index (Phi) is 4.38. The molecule has 4 nitrogen and oxygen atoms in total. The molecular formula is C20H32N4. The first-order valence-corrected chi connectivity index (χ1v) is 9.78. The van der Waals surface area contributed by atoms with Gasteiger partial charge in [0, 0.05) is 26.2 Å². The highest BCUT2D eigenvalue weighted by Gasteiger charge is 2.42. The molecule has 0 radical (unpaired) electrons. The summed E-state index contributed by atoms with van der Waals surface area (Å²) in [7, 11) is 0. The standard InChI is InChI=1S/C20H32N4/c1-15-16(2)22-19(17(3)21-15)12-24-10-8-20(14-24)7-4-9-23(13-20)11-18-5-6-18/h18H,4-14H2,1-3H3. The van der Waals surface area contributed by atoms with Crippen LogP contribution in [0.25, 0.3) is 0 Å². The Balaban J connectivity index is 1.39. The Morgan fingerprint density at radius 3 is 2.46 bits per heavy atom. The number of aryl methyl sites for hydroxylation is 3. The minimum Gasteiger partial charge on any atom is -0.302 e. The molecule has 0 aromatic carbocycles. The molecule has 132 valence electrons. The molecule has 3 fully saturated rings. The molecule has 1 saturated carbocycles. The van der Waals surface area contributed by atoms with E-state index in [1.54, 1.807) is 0 Å². The Morgan fingerprint density at radius 2 is 1.67 bits per heavy atom. The first-order chi connectivity index (χ1) is 11.5. The van der Waals surface area contributed by atoms with Gasteiger partial charge < -0.3 is 4.90 Å². The van der Waals surface area contributed by atoms with Crippen molar-refractivity contribution < 1.29 is 0 Å². The van der Waals surface area contributed by atoms with Crippen LogP contribution in [0.15, 0.2) is 0 Å². The van der Waals surface area contributed by atoms with Gasteiger partial charge in [0.1, 0.15) is 0 Å². The van der Waals surface area contributed by atoms with Crippen molar-refractivity contribution in [3.05, 3.63) is 22.8 Å². The number of hydrogen-bond acceptors (Lipinski definition) is 4. The molecule has 2 aliphatic heterocycles. The SMILES string of the molecule is Cc1nc(C)c(CN2CCC3(CCCN(CC4CC4)C3)C2)nc1C. The van der Waals surface area contributed by atoms with Gasteiger partial charge in [-0.2, -0.15) is 0 Å². The maximum absolute atomic E-state index is 4.82. The molecule has 3 aliphatic rings. The molecule has 1 unspecified atom stereocenters. The van der Waals surface area contributed by atoms with Gasteiger partial charge in [-0.3, -0.25) is 14.9 Å². The Hall–Kier alpha value is -1.00. The van der Waals surface area contributed by atoms with Crippen LogP contribution in [0.2, 0.25) is 0 Å². The van der Waals surface area contributed by atoms with Crippen molar-refractivity contribution in [1.29, 1.82) is 0 Å². The minimum absolute atomic E-state index is 0.550. The van der Waals surface area contributed by atoms with Gasteiger partial charge in [-0.25, -0.2) is 0 Å². The number of rotatable bonds is 4. The van der Waals surface area contributed by atoms with Crippen molar-refractivity contribution in [2.24, 2.45) is 11.3 Å². The number of hydrogen-bond donors (Lipinski definition) is 0. The van der Waals surface area contributed by atoms with Gasteiger partial charge in [-0.1, -0.05) is 0 Å². The lowest BCUT2D eigenvalue weighted by atomic mass is 9.79. The molecule has 0 bridgehead atoms. The highest BCUT2D eigenvalue weighted by atomic mass is 15.2. The smallest absolute Gasteiger partial charge is 0.0759 e. The van der Waals surface area contributed by atoms with Crippen LogP contribution in [-0.4, -0.2) is 52.5 Å². The molecule has 4 rings (SSSR count). The summed E-state index contributed by atoms with van der Waals surface area (Å²) in [4.78, 5) is 14.9. The van der Waals surface area contributed by atoms with Crippen LogP contribution in [0, 0.1) is 32.1 Å². The summed E-state index contributed by atoms with van der Waals surface area (Å²) in [6.07, 6.45) is 7.12. The van der Waals surface area contributed by atoms with E-state index in [1.165, 1.54) is 70.5 Å². The van der Waals surface area contributed by atoms with Crippen molar-refractivity contribution in [1.82, 2.24) is 19.8 Å².